The topological polar surface area (TPSA) is 55.1 Å². The van der Waals surface area contributed by atoms with Crippen LogP contribution < -0.4 is 5.32 Å². The Balaban J connectivity index is 2.03. The summed E-state index contributed by atoms with van der Waals surface area (Å²) in [5.41, 5.74) is 0. The molecule has 0 aliphatic heterocycles. The quantitative estimate of drug-likeness (QED) is 0.732. The van der Waals surface area contributed by atoms with Crippen LogP contribution in [0.15, 0.2) is 6.33 Å². The van der Waals surface area contributed by atoms with Crippen molar-refractivity contribution >= 4 is 16.3 Å². The third kappa shape index (κ3) is 1.84. The molecule has 0 aliphatic carbocycles. The molecule has 2 aromatic rings. The molecule has 0 aliphatic rings. The first-order valence-corrected chi connectivity index (χ1v) is 5.08. The number of nitrogens with one attached hydrogen (secondary N) is 1. The predicted molar refractivity (Wildman–Crippen MR) is 50.7 cm³/mol. The fourth-order valence-electron chi connectivity index (χ4n) is 1.04. The molecule has 0 amide bonds. The van der Waals surface area contributed by atoms with E-state index in [1.165, 1.54) is 0 Å². The molecule has 0 radical (unpaired) electrons. The maximum absolute atomic E-state index is 4.29. The molecule has 0 bridgehead atoms. The van der Waals surface area contributed by atoms with E-state index >= 15 is 0 Å². The number of aromatic nitrogens is 4. The summed E-state index contributed by atoms with van der Waals surface area (Å²) in [7, 11) is 0. The molecule has 2 rings (SSSR count). The highest BCUT2D eigenvalue weighted by Gasteiger charge is 2.03. The zero-order chi connectivity index (χ0) is 9.10. The van der Waals surface area contributed by atoms with Crippen molar-refractivity contribution in [2.24, 2.45) is 0 Å². The molecule has 0 spiro atoms. The molecule has 5 nitrogen and oxygen atoms in total. The zero-order valence-electron chi connectivity index (χ0n) is 7.40. The molecule has 0 saturated heterocycles. The van der Waals surface area contributed by atoms with Gasteiger partial charge in [-0.15, -0.1) is 10.2 Å². The molecule has 70 valence electrons. The third-order valence-electron chi connectivity index (χ3n) is 1.63. The van der Waals surface area contributed by atoms with Crippen molar-refractivity contribution in [3.8, 4) is 0 Å². The Hall–Kier alpha value is -1.01. The van der Waals surface area contributed by atoms with Gasteiger partial charge in [-0.1, -0.05) is 18.3 Å². The molecule has 0 unspecified atom stereocenters. The van der Waals surface area contributed by atoms with Gasteiger partial charge in [0.2, 0.25) is 4.96 Å². The Bertz CT molecular complexity index is 350. The van der Waals surface area contributed by atoms with E-state index in [4.69, 9.17) is 0 Å². The van der Waals surface area contributed by atoms with Gasteiger partial charge < -0.3 is 5.32 Å². The first-order valence-electron chi connectivity index (χ1n) is 4.26. The molecular weight excluding hydrogens is 186 g/mol. The largest absolute Gasteiger partial charge is 0.310 e. The lowest BCUT2D eigenvalue weighted by atomic mass is 10.5. The van der Waals surface area contributed by atoms with Gasteiger partial charge in [0, 0.05) is 6.54 Å². The summed E-state index contributed by atoms with van der Waals surface area (Å²) >= 11 is 1.57. The number of fused-ring (bicyclic) bond motifs is 1. The Kier molecular flexibility index (Phi) is 2.51. The highest BCUT2D eigenvalue weighted by molar-refractivity contribution is 7.16. The van der Waals surface area contributed by atoms with Crippen molar-refractivity contribution < 1.29 is 0 Å². The second-order valence-corrected chi connectivity index (χ2v) is 3.77. The van der Waals surface area contributed by atoms with E-state index in [2.05, 4.69) is 27.5 Å². The van der Waals surface area contributed by atoms with Gasteiger partial charge in [0.1, 0.15) is 11.3 Å². The van der Waals surface area contributed by atoms with Gasteiger partial charge in [0.05, 0.1) is 0 Å². The number of hydrogen-bond acceptors (Lipinski definition) is 5. The molecule has 1 N–H and O–H groups in total. The van der Waals surface area contributed by atoms with Crippen molar-refractivity contribution in [1.82, 2.24) is 25.1 Å². The summed E-state index contributed by atoms with van der Waals surface area (Å²) in [6.45, 7) is 3.99. The Morgan fingerprint density at radius 1 is 1.62 bits per heavy atom. The van der Waals surface area contributed by atoms with Gasteiger partial charge in [0.15, 0.2) is 0 Å². The van der Waals surface area contributed by atoms with Crippen LogP contribution in [-0.2, 0) is 6.54 Å². The maximum atomic E-state index is 4.29. The summed E-state index contributed by atoms with van der Waals surface area (Å²) in [6.07, 6.45) is 2.76. The molecule has 13 heavy (non-hydrogen) atoms. The van der Waals surface area contributed by atoms with Gasteiger partial charge in [0.25, 0.3) is 0 Å². The molecule has 0 fully saturated rings. The molecule has 0 saturated carbocycles. The Morgan fingerprint density at radius 3 is 3.31 bits per heavy atom. The summed E-state index contributed by atoms with van der Waals surface area (Å²) < 4.78 is 1.70. The summed E-state index contributed by atoms with van der Waals surface area (Å²) in [4.78, 5) is 0.855. The van der Waals surface area contributed by atoms with E-state index in [1.807, 2.05) is 0 Å². The molecule has 0 aromatic carbocycles. The second-order valence-electron chi connectivity index (χ2n) is 2.73. The molecule has 0 atom stereocenters. The number of nitrogens with zero attached hydrogens (tertiary/aromatic N) is 4. The fourth-order valence-corrected chi connectivity index (χ4v) is 1.83. The van der Waals surface area contributed by atoms with E-state index < -0.39 is 0 Å². The predicted octanol–water partition coefficient (Wildman–Crippen LogP) is 0.685. The normalized spacial score (nSPS) is 11.2. The van der Waals surface area contributed by atoms with Crippen LogP contribution >= 0.6 is 11.3 Å². The average molecular weight is 197 g/mol. The van der Waals surface area contributed by atoms with E-state index in [0.717, 1.165) is 29.5 Å². The fraction of sp³-hybridized carbons (Fsp3) is 0.571. The van der Waals surface area contributed by atoms with Crippen LogP contribution in [0.3, 0.4) is 0 Å². The van der Waals surface area contributed by atoms with Crippen molar-refractivity contribution in [1.29, 1.82) is 0 Å². The van der Waals surface area contributed by atoms with Crippen LogP contribution in [0, 0.1) is 0 Å². The lowest BCUT2D eigenvalue weighted by Gasteiger charge is -1.96. The minimum atomic E-state index is 0.821. The van der Waals surface area contributed by atoms with Gasteiger partial charge in [-0.2, -0.15) is 9.61 Å². The van der Waals surface area contributed by atoms with E-state index in [9.17, 15) is 0 Å². The highest BCUT2D eigenvalue weighted by Crippen LogP contribution is 2.10. The van der Waals surface area contributed by atoms with Crippen LogP contribution in [0.1, 0.15) is 18.4 Å². The number of rotatable bonds is 4. The van der Waals surface area contributed by atoms with Crippen LogP contribution in [0.25, 0.3) is 4.96 Å². The van der Waals surface area contributed by atoms with E-state index in [0.29, 0.717) is 0 Å². The van der Waals surface area contributed by atoms with Gasteiger partial charge in [-0.25, -0.2) is 0 Å². The van der Waals surface area contributed by atoms with Crippen LogP contribution in [0.5, 0.6) is 0 Å². The lowest BCUT2D eigenvalue weighted by Crippen LogP contribution is -2.13. The minimum absolute atomic E-state index is 0.821. The Morgan fingerprint density at radius 2 is 2.54 bits per heavy atom. The van der Waals surface area contributed by atoms with Gasteiger partial charge in [-0.3, -0.25) is 0 Å². The molecule has 2 aromatic heterocycles. The van der Waals surface area contributed by atoms with Crippen molar-refractivity contribution in [3.63, 3.8) is 0 Å². The standard InChI is InChI=1S/C7H11N5S/c1-2-3-8-4-6-11-12-5-9-10-7(12)13-6/h5,8H,2-4H2,1H3. The van der Waals surface area contributed by atoms with Gasteiger partial charge >= 0.3 is 0 Å². The SMILES string of the molecule is CCCNCc1nn2cnnc2s1. The Labute approximate surface area is 79.8 Å². The second kappa shape index (κ2) is 3.80. The maximum Gasteiger partial charge on any atom is 0.234 e. The van der Waals surface area contributed by atoms with Crippen molar-refractivity contribution in [3.05, 3.63) is 11.3 Å². The minimum Gasteiger partial charge on any atom is -0.310 e. The number of hydrogen-bond donors (Lipinski definition) is 1. The smallest absolute Gasteiger partial charge is 0.234 e. The van der Waals surface area contributed by atoms with Crippen LogP contribution in [0.4, 0.5) is 0 Å². The van der Waals surface area contributed by atoms with Crippen LogP contribution in [0.2, 0.25) is 0 Å². The van der Waals surface area contributed by atoms with Crippen molar-refractivity contribution in [2.75, 3.05) is 6.54 Å². The molecular formula is C7H11N5S. The highest BCUT2D eigenvalue weighted by atomic mass is 32.1. The van der Waals surface area contributed by atoms with Crippen LogP contribution in [-0.4, -0.2) is 26.4 Å². The molecule has 6 heteroatoms. The lowest BCUT2D eigenvalue weighted by molar-refractivity contribution is 0.664. The third-order valence-corrected chi connectivity index (χ3v) is 2.54. The van der Waals surface area contributed by atoms with Crippen molar-refractivity contribution in [2.45, 2.75) is 19.9 Å². The zero-order valence-corrected chi connectivity index (χ0v) is 8.21. The summed E-state index contributed by atoms with van der Waals surface area (Å²) in [5, 5.41) is 16.3. The summed E-state index contributed by atoms with van der Waals surface area (Å²) in [6, 6.07) is 0. The first-order chi connectivity index (χ1) is 6.40. The van der Waals surface area contributed by atoms with E-state index in [-0.39, 0.29) is 0 Å². The summed E-state index contributed by atoms with van der Waals surface area (Å²) in [5.74, 6) is 0. The first kappa shape index (κ1) is 8.58. The monoisotopic (exact) mass is 197 g/mol. The average Bonchev–Trinajstić information content (AvgIpc) is 2.64. The molecule has 2 heterocycles. The van der Waals surface area contributed by atoms with E-state index in [1.54, 1.807) is 22.2 Å². The van der Waals surface area contributed by atoms with Gasteiger partial charge in [-0.05, 0) is 13.0 Å².